The molecule has 2 heterocycles. The van der Waals surface area contributed by atoms with Crippen molar-refractivity contribution in [3.63, 3.8) is 0 Å². The average Bonchev–Trinajstić information content (AvgIpc) is 2.95. The van der Waals surface area contributed by atoms with Gasteiger partial charge in [-0.3, -0.25) is 4.79 Å². The van der Waals surface area contributed by atoms with Gasteiger partial charge in [0.25, 0.3) is 0 Å². The summed E-state index contributed by atoms with van der Waals surface area (Å²) < 4.78 is 1.61. The largest absolute Gasteiger partial charge is 0.383 e. The number of anilines is 2. The number of nitrogens with two attached hydrogens (primary N) is 1. The third kappa shape index (κ3) is 3.50. The molecule has 0 bridgehead atoms. The lowest BCUT2D eigenvalue weighted by Gasteiger charge is -2.07. The predicted molar refractivity (Wildman–Crippen MR) is 94.0 cm³/mol. The van der Waals surface area contributed by atoms with Gasteiger partial charge in [-0.05, 0) is 18.6 Å². The van der Waals surface area contributed by atoms with Crippen LogP contribution in [0.1, 0.15) is 31.4 Å². The maximum absolute atomic E-state index is 11.4. The number of carbonyl (C=O) groups is 1. The molecule has 7 nitrogen and oxygen atoms in total. The molecule has 122 valence electrons. The standard InChI is InChI=1S/C17H18N6O/c1-4-13-15(7-9-20-16(13)19)23-10-14(11(2)6-5-8-18)17(22-23)21-12(3)24/h4,6-7,9-10H,1,5H2,2-3H3,(H2,19,20)(H,21,22,24)/b11-6+. The van der Waals surface area contributed by atoms with Crippen LogP contribution < -0.4 is 11.1 Å². The maximum Gasteiger partial charge on any atom is 0.222 e. The molecule has 0 aliphatic rings. The number of pyridine rings is 1. The number of amides is 1. The van der Waals surface area contributed by atoms with E-state index in [2.05, 4.69) is 28.0 Å². The number of rotatable bonds is 5. The van der Waals surface area contributed by atoms with Crippen LogP contribution >= 0.6 is 0 Å². The number of aromatic nitrogens is 3. The van der Waals surface area contributed by atoms with Crippen LogP contribution in [0.15, 0.2) is 31.1 Å². The average molecular weight is 322 g/mol. The van der Waals surface area contributed by atoms with Crippen LogP contribution in [-0.4, -0.2) is 20.7 Å². The van der Waals surface area contributed by atoms with Crippen LogP contribution in [0.5, 0.6) is 0 Å². The number of nitrogens with zero attached hydrogens (tertiary/aromatic N) is 4. The van der Waals surface area contributed by atoms with Gasteiger partial charge >= 0.3 is 0 Å². The highest BCUT2D eigenvalue weighted by Gasteiger charge is 2.15. The second-order valence-corrected chi connectivity index (χ2v) is 5.10. The predicted octanol–water partition coefficient (Wildman–Crippen LogP) is 2.77. The van der Waals surface area contributed by atoms with Crippen molar-refractivity contribution < 1.29 is 4.79 Å². The van der Waals surface area contributed by atoms with Crippen molar-refractivity contribution in [3.8, 4) is 11.8 Å². The van der Waals surface area contributed by atoms with Crippen LogP contribution in [-0.2, 0) is 4.79 Å². The molecule has 0 aromatic carbocycles. The number of nitriles is 1. The molecule has 0 aliphatic carbocycles. The molecule has 7 heteroatoms. The molecule has 0 atom stereocenters. The Balaban J connectivity index is 2.60. The molecule has 1 amide bonds. The SMILES string of the molecule is C=Cc1c(-n2cc(/C(C)=C/CC#N)c(NC(C)=O)n2)ccnc1N. The van der Waals surface area contributed by atoms with E-state index in [-0.39, 0.29) is 12.3 Å². The zero-order chi connectivity index (χ0) is 17.7. The molecule has 0 spiro atoms. The van der Waals surface area contributed by atoms with Crippen LogP contribution in [0.2, 0.25) is 0 Å². The van der Waals surface area contributed by atoms with Gasteiger partial charge in [-0.2, -0.15) is 5.26 Å². The quantitative estimate of drug-likeness (QED) is 0.879. The van der Waals surface area contributed by atoms with E-state index in [9.17, 15) is 4.79 Å². The molecule has 0 saturated heterocycles. The van der Waals surface area contributed by atoms with Gasteiger partial charge in [-0.25, -0.2) is 9.67 Å². The lowest BCUT2D eigenvalue weighted by molar-refractivity contribution is -0.114. The van der Waals surface area contributed by atoms with E-state index < -0.39 is 0 Å². The fourth-order valence-corrected chi connectivity index (χ4v) is 2.24. The molecule has 0 aliphatic heterocycles. The smallest absolute Gasteiger partial charge is 0.222 e. The minimum atomic E-state index is -0.229. The minimum Gasteiger partial charge on any atom is -0.383 e. The fourth-order valence-electron chi connectivity index (χ4n) is 2.24. The summed E-state index contributed by atoms with van der Waals surface area (Å²) >= 11 is 0. The highest BCUT2D eigenvalue weighted by Crippen LogP contribution is 2.27. The van der Waals surface area contributed by atoms with Crippen molar-refractivity contribution in [2.75, 3.05) is 11.1 Å². The molecule has 0 fully saturated rings. The summed E-state index contributed by atoms with van der Waals surface area (Å²) in [5.41, 5.74) is 8.80. The van der Waals surface area contributed by atoms with E-state index in [1.807, 2.05) is 6.92 Å². The Hall–Kier alpha value is -3.40. The first-order chi connectivity index (χ1) is 11.5. The van der Waals surface area contributed by atoms with Gasteiger partial charge in [0.15, 0.2) is 5.82 Å². The first-order valence-electron chi connectivity index (χ1n) is 7.26. The number of hydrogen-bond donors (Lipinski definition) is 2. The van der Waals surface area contributed by atoms with Gasteiger partial charge in [0.2, 0.25) is 5.91 Å². The Labute approximate surface area is 140 Å². The van der Waals surface area contributed by atoms with Crippen LogP contribution in [0.3, 0.4) is 0 Å². The number of allylic oxidation sites excluding steroid dienone is 2. The van der Waals surface area contributed by atoms with Crippen molar-refractivity contribution in [3.05, 3.63) is 42.2 Å². The van der Waals surface area contributed by atoms with Gasteiger partial charge in [-0.15, -0.1) is 5.10 Å². The molecule has 0 radical (unpaired) electrons. The van der Waals surface area contributed by atoms with E-state index >= 15 is 0 Å². The molecular formula is C17H18N6O. The second-order valence-electron chi connectivity index (χ2n) is 5.10. The van der Waals surface area contributed by atoms with Crippen LogP contribution in [0.25, 0.3) is 17.3 Å². The number of nitrogen functional groups attached to an aromatic ring is 1. The van der Waals surface area contributed by atoms with Gasteiger partial charge in [0.05, 0.1) is 18.2 Å². The first-order valence-corrected chi connectivity index (χ1v) is 7.26. The van der Waals surface area contributed by atoms with Crippen LogP contribution in [0, 0.1) is 11.3 Å². The molecular weight excluding hydrogens is 304 g/mol. The number of hydrogen-bond acceptors (Lipinski definition) is 5. The monoisotopic (exact) mass is 322 g/mol. The second kappa shape index (κ2) is 7.24. The van der Waals surface area contributed by atoms with Crippen molar-refractivity contribution in [2.45, 2.75) is 20.3 Å². The van der Waals surface area contributed by atoms with Gasteiger partial charge in [0.1, 0.15) is 5.82 Å². The minimum absolute atomic E-state index is 0.229. The van der Waals surface area contributed by atoms with E-state index in [4.69, 9.17) is 11.0 Å². The molecule has 0 saturated carbocycles. The highest BCUT2D eigenvalue weighted by atomic mass is 16.1. The summed E-state index contributed by atoms with van der Waals surface area (Å²) in [5, 5.41) is 15.9. The van der Waals surface area contributed by atoms with Gasteiger partial charge in [0, 0.05) is 30.4 Å². The summed E-state index contributed by atoms with van der Waals surface area (Å²) in [7, 11) is 0. The summed E-state index contributed by atoms with van der Waals surface area (Å²) in [6, 6.07) is 3.82. The Morgan fingerprint density at radius 2 is 2.29 bits per heavy atom. The molecule has 2 aromatic rings. The van der Waals surface area contributed by atoms with Crippen molar-refractivity contribution in [1.82, 2.24) is 14.8 Å². The molecule has 2 aromatic heterocycles. The molecule has 2 rings (SSSR count). The third-order valence-electron chi connectivity index (χ3n) is 3.38. The number of carbonyl (C=O) groups excluding carboxylic acids is 1. The van der Waals surface area contributed by atoms with Gasteiger partial charge in [-0.1, -0.05) is 18.7 Å². The number of nitrogens with one attached hydrogen (secondary N) is 1. The van der Waals surface area contributed by atoms with E-state index in [1.165, 1.54) is 6.92 Å². The van der Waals surface area contributed by atoms with Crippen molar-refractivity contribution >= 4 is 29.2 Å². The Kier molecular flexibility index (Phi) is 5.12. The summed E-state index contributed by atoms with van der Waals surface area (Å²) in [6.07, 6.45) is 7.01. The van der Waals surface area contributed by atoms with Gasteiger partial charge < -0.3 is 11.1 Å². The lowest BCUT2D eigenvalue weighted by atomic mass is 10.1. The van der Waals surface area contributed by atoms with Crippen molar-refractivity contribution in [1.29, 1.82) is 5.26 Å². The lowest BCUT2D eigenvalue weighted by Crippen LogP contribution is -2.08. The van der Waals surface area contributed by atoms with Crippen molar-refractivity contribution in [2.24, 2.45) is 0 Å². The third-order valence-corrected chi connectivity index (χ3v) is 3.38. The maximum atomic E-state index is 11.4. The first kappa shape index (κ1) is 17.0. The van der Waals surface area contributed by atoms with Crippen LogP contribution in [0.4, 0.5) is 11.6 Å². The Morgan fingerprint density at radius 3 is 2.92 bits per heavy atom. The highest BCUT2D eigenvalue weighted by molar-refractivity contribution is 5.91. The Bertz CT molecular complexity index is 856. The fraction of sp³-hybridized carbons (Fsp3) is 0.176. The van der Waals surface area contributed by atoms with E-state index in [0.717, 1.165) is 11.1 Å². The summed E-state index contributed by atoms with van der Waals surface area (Å²) in [4.78, 5) is 15.5. The zero-order valence-electron chi connectivity index (χ0n) is 13.6. The topological polar surface area (TPSA) is 110 Å². The summed E-state index contributed by atoms with van der Waals surface area (Å²) in [6.45, 7) is 7.03. The van der Waals surface area contributed by atoms with E-state index in [0.29, 0.717) is 22.9 Å². The molecule has 24 heavy (non-hydrogen) atoms. The van der Waals surface area contributed by atoms with E-state index in [1.54, 1.807) is 35.3 Å². The molecule has 3 N–H and O–H groups in total. The molecule has 0 unspecified atom stereocenters. The normalized spacial score (nSPS) is 11.0. The summed E-state index contributed by atoms with van der Waals surface area (Å²) in [5.74, 6) is 0.532. The zero-order valence-corrected chi connectivity index (χ0v) is 13.6. The Morgan fingerprint density at radius 1 is 1.54 bits per heavy atom.